The van der Waals surface area contributed by atoms with Crippen LogP contribution < -0.4 is 0 Å². The second-order valence-electron chi connectivity index (χ2n) is 10.2. The zero-order chi connectivity index (χ0) is 29.6. The van der Waals surface area contributed by atoms with Crippen molar-refractivity contribution in [1.29, 1.82) is 0 Å². The topological polar surface area (TPSA) is 59.1 Å². The molecule has 6 nitrogen and oxygen atoms in total. The van der Waals surface area contributed by atoms with E-state index in [1.807, 2.05) is 24.3 Å². The SMILES string of the molecule is COCCN(CCOC)Cc1ccc([C@H](c2ccc(Cl)cc2)N2CC(=C(c3cc(F)cc(F)c3)S(C)(=O)=O)C2)cc1. The second-order valence-corrected chi connectivity index (χ2v) is 12.6. The smallest absolute Gasteiger partial charge is 0.176 e. The molecule has 0 unspecified atom stereocenters. The fraction of sp³-hybridized carbons (Fsp3) is 0.355. The number of benzene rings is 3. The summed E-state index contributed by atoms with van der Waals surface area (Å²) in [5.41, 5.74) is 3.82. The molecule has 0 bridgehead atoms. The van der Waals surface area contributed by atoms with Crippen molar-refractivity contribution in [3.05, 3.63) is 111 Å². The van der Waals surface area contributed by atoms with Gasteiger partial charge in [-0.2, -0.15) is 0 Å². The van der Waals surface area contributed by atoms with Crippen molar-refractivity contribution in [2.75, 3.05) is 59.9 Å². The molecule has 1 aliphatic rings. The van der Waals surface area contributed by atoms with Crippen LogP contribution in [0.5, 0.6) is 0 Å². The number of rotatable bonds is 13. The summed E-state index contributed by atoms with van der Waals surface area (Å²) in [6.45, 7) is 4.24. The van der Waals surface area contributed by atoms with Crippen LogP contribution in [-0.4, -0.2) is 78.1 Å². The van der Waals surface area contributed by atoms with Crippen molar-refractivity contribution in [1.82, 2.24) is 9.80 Å². The van der Waals surface area contributed by atoms with E-state index in [-0.39, 0.29) is 16.5 Å². The summed E-state index contributed by atoms with van der Waals surface area (Å²) in [6, 6.07) is 18.6. The van der Waals surface area contributed by atoms with Crippen LogP contribution in [0, 0.1) is 11.6 Å². The van der Waals surface area contributed by atoms with E-state index in [0.717, 1.165) is 60.8 Å². The van der Waals surface area contributed by atoms with Gasteiger partial charge in [-0.3, -0.25) is 9.80 Å². The molecule has 1 aliphatic heterocycles. The van der Waals surface area contributed by atoms with Crippen molar-refractivity contribution in [3.8, 4) is 0 Å². The van der Waals surface area contributed by atoms with Crippen LogP contribution >= 0.6 is 11.6 Å². The van der Waals surface area contributed by atoms with Gasteiger partial charge in [-0.15, -0.1) is 0 Å². The minimum absolute atomic E-state index is 0.0236. The molecule has 0 amide bonds. The van der Waals surface area contributed by atoms with E-state index in [1.54, 1.807) is 14.2 Å². The molecular weight excluding hydrogens is 570 g/mol. The predicted molar refractivity (Wildman–Crippen MR) is 158 cm³/mol. The quantitative estimate of drug-likeness (QED) is 0.254. The number of hydrogen-bond acceptors (Lipinski definition) is 6. The highest BCUT2D eigenvalue weighted by molar-refractivity contribution is 8.00. The monoisotopic (exact) mass is 604 g/mol. The number of nitrogens with zero attached hydrogens (tertiary/aromatic N) is 2. The Hall–Kier alpha value is -2.66. The van der Waals surface area contributed by atoms with E-state index in [1.165, 1.54) is 0 Å². The molecule has 3 aromatic carbocycles. The Balaban J connectivity index is 1.62. The second kappa shape index (κ2) is 14.0. The van der Waals surface area contributed by atoms with Gasteiger partial charge in [-0.1, -0.05) is 48.0 Å². The Morgan fingerprint density at radius 2 is 1.41 bits per heavy atom. The van der Waals surface area contributed by atoms with Crippen molar-refractivity contribution in [3.63, 3.8) is 0 Å². The summed E-state index contributed by atoms with van der Waals surface area (Å²) in [4.78, 5) is 4.38. The Labute approximate surface area is 246 Å². The van der Waals surface area contributed by atoms with Gasteiger partial charge in [0.2, 0.25) is 0 Å². The molecule has 220 valence electrons. The first-order chi connectivity index (χ1) is 19.6. The largest absolute Gasteiger partial charge is 0.383 e. The summed E-state index contributed by atoms with van der Waals surface area (Å²) < 4.78 is 64.0. The summed E-state index contributed by atoms with van der Waals surface area (Å²) in [5.74, 6) is -1.64. The number of hydrogen-bond donors (Lipinski definition) is 0. The maximum Gasteiger partial charge on any atom is 0.176 e. The molecule has 1 atom stereocenters. The van der Waals surface area contributed by atoms with Crippen LogP contribution in [0.4, 0.5) is 8.78 Å². The number of methoxy groups -OCH3 is 2. The minimum Gasteiger partial charge on any atom is -0.383 e. The van der Waals surface area contributed by atoms with Crippen molar-refractivity contribution < 1.29 is 26.7 Å². The molecule has 41 heavy (non-hydrogen) atoms. The normalized spacial score (nSPS) is 14.8. The van der Waals surface area contributed by atoms with Crippen LogP contribution in [0.25, 0.3) is 4.91 Å². The third-order valence-electron chi connectivity index (χ3n) is 7.08. The average Bonchev–Trinajstić information content (AvgIpc) is 2.89. The van der Waals surface area contributed by atoms with E-state index < -0.39 is 21.5 Å². The fourth-order valence-electron chi connectivity index (χ4n) is 5.17. The Kier molecular flexibility index (Phi) is 10.7. The lowest BCUT2D eigenvalue weighted by Gasteiger charge is -2.42. The maximum absolute atomic E-state index is 14.0. The van der Waals surface area contributed by atoms with Gasteiger partial charge in [-0.25, -0.2) is 17.2 Å². The number of ether oxygens (including phenoxy) is 2. The van der Waals surface area contributed by atoms with E-state index in [4.69, 9.17) is 21.1 Å². The Morgan fingerprint density at radius 1 is 0.902 bits per heavy atom. The Bertz CT molecular complexity index is 1430. The van der Waals surface area contributed by atoms with Crippen LogP contribution in [0.3, 0.4) is 0 Å². The van der Waals surface area contributed by atoms with Gasteiger partial charge in [0.15, 0.2) is 9.84 Å². The van der Waals surface area contributed by atoms with Crippen molar-refractivity contribution in [2.45, 2.75) is 12.6 Å². The summed E-state index contributed by atoms with van der Waals surface area (Å²) >= 11 is 6.17. The van der Waals surface area contributed by atoms with Gasteiger partial charge in [0, 0.05) is 64.3 Å². The Morgan fingerprint density at radius 3 is 1.90 bits per heavy atom. The molecular formula is C31H35ClF2N2O4S. The molecule has 1 saturated heterocycles. The highest BCUT2D eigenvalue weighted by Crippen LogP contribution is 2.38. The van der Waals surface area contributed by atoms with Gasteiger partial charge in [-0.05, 0) is 52.1 Å². The summed E-state index contributed by atoms with van der Waals surface area (Å²) in [5, 5.41) is 0.617. The molecule has 3 aromatic rings. The molecule has 10 heteroatoms. The van der Waals surface area contributed by atoms with Gasteiger partial charge in [0.25, 0.3) is 0 Å². The summed E-state index contributed by atoms with van der Waals surface area (Å²) in [7, 11) is -0.374. The standard InChI is InChI=1S/C31H35ClF2N2O4S/c1-39-14-12-35(13-15-40-2)19-22-4-6-23(7-5-22)30(24-8-10-27(32)11-9-24)36-20-26(21-36)31(41(3,37)38)25-16-28(33)18-29(34)17-25/h4-11,16-18,30H,12-15,19-21H2,1-3H3/t30-/m1/s1. The zero-order valence-electron chi connectivity index (χ0n) is 23.4. The predicted octanol–water partition coefficient (Wildman–Crippen LogP) is 5.57. The molecule has 4 rings (SSSR count). The molecule has 1 heterocycles. The van der Waals surface area contributed by atoms with E-state index in [0.29, 0.717) is 36.9 Å². The first kappa shape index (κ1) is 31.3. The lowest BCUT2D eigenvalue weighted by Crippen LogP contribution is -2.44. The lowest BCUT2D eigenvalue weighted by atomic mass is 9.91. The van der Waals surface area contributed by atoms with E-state index in [9.17, 15) is 17.2 Å². The number of likely N-dealkylation sites (tertiary alicyclic amines) is 1. The third-order valence-corrected chi connectivity index (χ3v) is 8.60. The molecule has 0 saturated carbocycles. The van der Waals surface area contributed by atoms with E-state index in [2.05, 4.69) is 34.1 Å². The highest BCUT2D eigenvalue weighted by atomic mass is 35.5. The van der Waals surface area contributed by atoms with Gasteiger partial charge >= 0.3 is 0 Å². The van der Waals surface area contributed by atoms with Crippen LogP contribution in [0.15, 0.2) is 72.3 Å². The molecule has 0 radical (unpaired) electrons. The van der Waals surface area contributed by atoms with Gasteiger partial charge < -0.3 is 9.47 Å². The minimum atomic E-state index is -3.75. The van der Waals surface area contributed by atoms with Gasteiger partial charge in [0.05, 0.1) is 24.2 Å². The molecule has 0 aliphatic carbocycles. The van der Waals surface area contributed by atoms with Gasteiger partial charge in [0.1, 0.15) is 11.6 Å². The third kappa shape index (κ3) is 8.22. The molecule has 0 spiro atoms. The summed E-state index contributed by atoms with van der Waals surface area (Å²) in [6.07, 6.45) is 1.07. The molecule has 1 fully saturated rings. The first-order valence-electron chi connectivity index (χ1n) is 13.3. The average molecular weight is 605 g/mol. The van der Waals surface area contributed by atoms with Crippen LogP contribution in [0.2, 0.25) is 5.02 Å². The highest BCUT2D eigenvalue weighted by Gasteiger charge is 2.35. The number of halogens is 3. The lowest BCUT2D eigenvalue weighted by molar-refractivity contribution is 0.110. The van der Waals surface area contributed by atoms with Crippen molar-refractivity contribution >= 4 is 26.3 Å². The molecule has 0 aromatic heterocycles. The maximum atomic E-state index is 14.0. The number of sulfone groups is 1. The van der Waals surface area contributed by atoms with Crippen LogP contribution in [-0.2, 0) is 25.9 Å². The van der Waals surface area contributed by atoms with Crippen LogP contribution in [0.1, 0.15) is 28.3 Å². The fourth-order valence-corrected chi connectivity index (χ4v) is 6.49. The van der Waals surface area contributed by atoms with Crippen molar-refractivity contribution in [2.24, 2.45) is 0 Å². The molecule has 0 N–H and O–H groups in total. The van der Waals surface area contributed by atoms with E-state index >= 15 is 0 Å². The first-order valence-corrected chi connectivity index (χ1v) is 15.5. The zero-order valence-corrected chi connectivity index (χ0v) is 25.0.